The quantitative estimate of drug-likeness (QED) is 0.757. The second-order valence-electron chi connectivity index (χ2n) is 4.38. The van der Waals surface area contributed by atoms with Gasteiger partial charge in [0, 0.05) is 12.3 Å². The number of carbonyl (C=O) groups excluding carboxylic acids is 2. The Labute approximate surface area is 124 Å². The van der Waals surface area contributed by atoms with E-state index in [-0.39, 0.29) is 30.8 Å². The third-order valence-corrected chi connectivity index (χ3v) is 2.97. The molecule has 0 saturated carbocycles. The molecule has 1 aromatic rings. The molecular formula is C12H21ClN4O3. The Morgan fingerprint density at radius 1 is 1.55 bits per heavy atom. The van der Waals surface area contributed by atoms with E-state index in [9.17, 15) is 9.59 Å². The van der Waals surface area contributed by atoms with Gasteiger partial charge in [0.25, 0.3) is 0 Å². The minimum Gasteiger partial charge on any atom is -0.468 e. The molecule has 0 spiro atoms. The Morgan fingerprint density at radius 3 is 2.75 bits per heavy atom. The zero-order valence-electron chi connectivity index (χ0n) is 11.8. The maximum absolute atomic E-state index is 11.8. The molecule has 0 radical (unpaired) electrons. The second kappa shape index (κ2) is 8.55. The van der Waals surface area contributed by atoms with Crippen molar-refractivity contribution in [2.45, 2.75) is 32.9 Å². The molecule has 1 amide bonds. The van der Waals surface area contributed by atoms with Crippen molar-refractivity contribution in [3.63, 3.8) is 0 Å². The molecule has 0 aliphatic rings. The SMILES string of the molecule is CCC(C)C(N)C(=O)Nc1ccn(CC(=O)OC)n1.Cl. The smallest absolute Gasteiger partial charge is 0.327 e. The van der Waals surface area contributed by atoms with Crippen molar-refractivity contribution in [3.05, 3.63) is 12.3 Å². The number of methoxy groups -OCH3 is 1. The molecule has 0 aromatic carbocycles. The Kier molecular flexibility index (Phi) is 7.86. The van der Waals surface area contributed by atoms with Crippen LogP contribution in [0, 0.1) is 5.92 Å². The van der Waals surface area contributed by atoms with E-state index in [2.05, 4.69) is 15.2 Å². The number of nitrogens with two attached hydrogens (primary N) is 1. The van der Waals surface area contributed by atoms with Crippen LogP contribution in [-0.2, 0) is 20.9 Å². The van der Waals surface area contributed by atoms with Gasteiger partial charge >= 0.3 is 5.97 Å². The molecule has 1 heterocycles. The average Bonchev–Trinajstić information content (AvgIpc) is 2.83. The normalized spacial score (nSPS) is 13.0. The van der Waals surface area contributed by atoms with Crippen LogP contribution in [0.4, 0.5) is 5.82 Å². The van der Waals surface area contributed by atoms with Gasteiger partial charge in [-0.25, -0.2) is 0 Å². The van der Waals surface area contributed by atoms with Crippen molar-refractivity contribution < 1.29 is 14.3 Å². The minimum absolute atomic E-state index is 0. The minimum atomic E-state index is -0.573. The maximum Gasteiger partial charge on any atom is 0.327 e. The summed E-state index contributed by atoms with van der Waals surface area (Å²) in [7, 11) is 1.31. The summed E-state index contributed by atoms with van der Waals surface area (Å²) >= 11 is 0. The second-order valence-corrected chi connectivity index (χ2v) is 4.38. The number of nitrogens with zero attached hydrogens (tertiary/aromatic N) is 2. The number of carbonyl (C=O) groups is 2. The topological polar surface area (TPSA) is 99.2 Å². The average molecular weight is 305 g/mol. The monoisotopic (exact) mass is 304 g/mol. The highest BCUT2D eigenvalue weighted by Crippen LogP contribution is 2.09. The van der Waals surface area contributed by atoms with Crippen LogP contribution in [0.1, 0.15) is 20.3 Å². The molecule has 0 fully saturated rings. The number of hydrogen-bond donors (Lipinski definition) is 2. The van der Waals surface area contributed by atoms with Crippen molar-refractivity contribution in [3.8, 4) is 0 Å². The third-order valence-electron chi connectivity index (χ3n) is 2.97. The van der Waals surface area contributed by atoms with E-state index in [1.54, 1.807) is 12.3 Å². The van der Waals surface area contributed by atoms with Gasteiger partial charge in [0.1, 0.15) is 6.54 Å². The van der Waals surface area contributed by atoms with Crippen molar-refractivity contribution in [1.29, 1.82) is 0 Å². The lowest BCUT2D eigenvalue weighted by atomic mass is 9.99. The lowest BCUT2D eigenvalue weighted by Gasteiger charge is -2.16. The number of amides is 1. The zero-order valence-corrected chi connectivity index (χ0v) is 12.6. The first-order valence-electron chi connectivity index (χ1n) is 6.14. The number of halogens is 1. The van der Waals surface area contributed by atoms with Crippen molar-refractivity contribution >= 4 is 30.1 Å². The van der Waals surface area contributed by atoms with E-state index >= 15 is 0 Å². The van der Waals surface area contributed by atoms with Gasteiger partial charge in [-0.3, -0.25) is 14.3 Å². The van der Waals surface area contributed by atoms with Gasteiger partial charge in [0.2, 0.25) is 5.91 Å². The van der Waals surface area contributed by atoms with Crippen LogP contribution in [0.25, 0.3) is 0 Å². The van der Waals surface area contributed by atoms with Crippen LogP contribution >= 0.6 is 12.4 Å². The van der Waals surface area contributed by atoms with E-state index in [4.69, 9.17) is 5.73 Å². The van der Waals surface area contributed by atoms with Crippen LogP contribution < -0.4 is 11.1 Å². The van der Waals surface area contributed by atoms with E-state index in [1.165, 1.54) is 11.8 Å². The van der Waals surface area contributed by atoms with Gasteiger partial charge in [-0.15, -0.1) is 12.4 Å². The summed E-state index contributed by atoms with van der Waals surface area (Å²) in [4.78, 5) is 22.9. The fourth-order valence-corrected chi connectivity index (χ4v) is 1.44. The van der Waals surface area contributed by atoms with Crippen molar-refractivity contribution in [1.82, 2.24) is 9.78 Å². The number of ether oxygens (including phenoxy) is 1. The van der Waals surface area contributed by atoms with Gasteiger partial charge < -0.3 is 15.8 Å². The molecule has 0 saturated heterocycles. The van der Waals surface area contributed by atoms with Crippen molar-refractivity contribution in [2.75, 3.05) is 12.4 Å². The summed E-state index contributed by atoms with van der Waals surface area (Å²) in [5, 5.41) is 6.65. The third kappa shape index (κ3) is 5.18. The number of esters is 1. The molecule has 0 bridgehead atoms. The Morgan fingerprint density at radius 2 is 2.20 bits per heavy atom. The number of hydrogen-bond acceptors (Lipinski definition) is 5. The molecule has 0 aliphatic carbocycles. The van der Waals surface area contributed by atoms with E-state index in [1.807, 2.05) is 13.8 Å². The predicted octanol–water partition coefficient (Wildman–Crippen LogP) is 0.790. The summed E-state index contributed by atoms with van der Waals surface area (Å²) < 4.78 is 5.91. The lowest BCUT2D eigenvalue weighted by molar-refractivity contribution is -0.141. The van der Waals surface area contributed by atoms with Crippen LogP contribution in [0.5, 0.6) is 0 Å². The molecule has 7 nitrogen and oxygen atoms in total. The summed E-state index contributed by atoms with van der Waals surface area (Å²) in [5.74, 6) is -0.222. The van der Waals surface area contributed by atoms with Gasteiger partial charge in [-0.1, -0.05) is 20.3 Å². The van der Waals surface area contributed by atoms with Crippen LogP contribution in [0.2, 0.25) is 0 Å². The van der Waals surface area contributed by atoms with Crippen LogP contribution in [-0.4, -0.2) is 34.8 Å². The lowest BCUT2D eigenvalue weighted by Crippen LogP contribution is -2.40. The number of anilines is 1. The van der Waals surface area contributed by atoms with E-state index < -0.39 is 12.0 Å². The van der Waals surface area contributed by atoms with Gasteiger partial charge in [-0.2, -0.15) is 5.10 Å². The van der Waals surface area contributed by atoms with Gasteiger partial charge in [0.15, 0.2) is 5.82 Å². The molecule has 0 aliphatic heterocycles. The molecular weight excluding hydrogens is 284 g/mol. The molecule has 114 valence electrons. The summed E-state index contributed by atoms with van der Waals surface area (Å²) in [6.07, 6.45) is 2.41. The Balaban J connectivity index is 0.00000361. The zero-order chi connectivity index (χ0) is 14.4. The number of rotatable bonds is 6. The molecule has 3 N–H and O–H groups in total. The highest BCUT2D eigenvalue weighted by Gasteiger charge is 2.20. The summed E-state index contributed by atoms with van der Waals surface area (Å²) in [6.45, 7) is 3.90. The molecule has 1 aromatic heterocycles. The Hall–Kier alpha value is -1.60. The summed E-state index contributed by atoms with van der Waals surface area (Å²) in [6, 6.07) is 1.03. The highest BCUT2D eigenvalue weighted by atomic mass is 35.5. The number of aromatic nitrogens is 2. The van der Waals surface area contributed by atoms with Crippen LogP contribution in [0.3, 0.4) is 0 Å². The van der Waals surface area contributed by atoms with Gasteiger partial charge in [0.05, 0.1) is 13.2 Å². The standard InChI is InChI=1S/C12H20N4O3.ClH/c1-4-8(2)11(13)12(18)14-9-5-6-16(15-9)7-10(17)19-3;/h5-6,8,11H,4,7,13H2,1-3H3,(H,14,15,18);1H. The molecule has 2 atom stereocenters. The number of nitrogens with one attached hydrogen (secondary N) is 1. The fraction of sp³-hybridized carbons (Fsp3) is 0.583. The molecule has 1 rings (SSSR count). The van der Waals surface area contributed by atoms with E-state index in [0.29, 0.717) is 5.82 Å². The first-order chi connectivity index (χ1) is 8.97. The van der Waals surface area contributed by atoms with Crippen molar-refractivity contribution in [2.24, 2.45) is 11.7 Å². The Bertz CT molecular complexity index is 450. The molecule has 8 heteroatoms. The first kappa shape index (κ1) is 18.4. The largest absolute Gasteiger partial charge is 0.468 e. The predicted molar refractivity (Wildman–Crippen MR) is 77.6 cm³/mol. The van der Waals surface area contributed by atoms with Gasteiger partial charge in [-0.05, 0) is 5.92 Å². The fourth-order valence-electron chi connectivity index (χ4n) is 1.44. The van der Waals surface area contributed by atoms with Crippen LogP contribution in [0.15, 0.2) is 12.3 Å². The molecule has 20 heavy (non-hydrogen) atoms. The van der Waals surface area contributed by atoms with E-state index in [0.717, 1.165) is 6.42 Å². The highest BCUT2D eigenvalue weighted by molar-refractivity contribution is 5.94. The first-order valence-corrected chi connectivity index (χ1v) is 6.14. The molecule has 2 unspecified atom stereocenters. The maximum atomic E-state index is 11.8. The summed E-state index contributed by atoms with van der Waals surface area (Å²) in [5.41, 5.74) is 5.81.